The van der Waals surface area contributed by atoms with Crippen LogP contribution in [0.4, 0.5) is 0 Å². The van der Waals surface area contributed by atoms with E-state index in [9.17, 15) is 9.59 Å². The molecule has 0 aliphatic carbocycles. The molecule has 6 nitrogen and oxygen atoms in total. The van der Waals surface area contributed by atoms with Crippen molar-refractivity contribution in [2.75, 3.05) is 26.3 Å². The lowest BCUT2D eigenvalue weighted by Crippen LogP contribution is -2.38. The van der Waals surface area contributed by atoms with Crippen LogP contribution in [0.2, 0.25) is 5.02 Å². The maximum Gasteiger partial charge on any atom is 0.258 e. The third-order valence-corrected chi connectivity index (χ3v) is 4.54. The summed E-state index contributed by atoms with van der Waals surface area (Å²) in [6, 6.07) is 11.0. The predicted molar refractivity (Wildman–Crippen MR) is 109 cm³/mol. The standard InChI is InChI=1S/C21H25ClN2O4/c1-14-4-6-17(7-5-14)27-12-19(25)23-8-9-24-20(26)13-28-18-10-15(2)21(22)16(3)11-18/h4-7,10-11H,8-9,12-13H2,1-3H3,(H,23,25)(H,24,26). The van der Waals surface area contributed by atoms with Crippen LogP contribution in [0.3, 0.4) is 0 Å². The van der Waals surface area contributed by atoms with Crippen molar-refractivity contribution < 1.29 is 19.1 Å². The maximum atomic E-state index is 11.8. The number of carbonyl (C=O) groups excluding carboxylic acids is 2. The summed E-state index contributed by atoms with van der Waals surface area (Å²) in [6.45, 7) is 6.17. The van der Waals surface area contributed by atoms with Crippen molar-refractivity contribution in [1.82, 2.24) is 10.6 Å². The van der Waals surface area contributed by atoms with Gasteiger partial charge < -0.3 is 20.1 Å². The molecule has 0 atom stereocenters. The molecule has 0 aliphatic rings. The van der Waals surface area contributed by atoms with E-state index in [-0.39, 0.29) is 25.0 Å². The largest absolute Gasteiger partial charge is 0.484 e. The molecule has 2 aromatic carbocycles. The molecule has 2 amide bonds. The predicted octanol–water partition coefficient (Wildman–Crippen LogP) is 2.96. The lowest BCUT2D eigenvalue weighted by molar-refractivity contribution is -0.124. The molecule has 0 spiro atoms. The van der Waals surface area contributed by atoms with Crippen LogP contribution in [0.25, 0.3) is 0 Å². The molecule has 28 heavy (non-hydrogen) atoms. The second-order valence-electron chi connectivity index (χ2n) is 6.46. The minimum Gasteiger partial charge on any atom is -0.484 e. The quantitative estimate of drug-likeness (QED) is 0.630. The van der Waals surface area contributed by atoms with Gasteiger partial charge in [-0.25, -0.2) is 0 Å². The Bertz CT molecular complexity index is 799. The van der Waals surface area contributed by atoms with Gasteiger partial charge in [-0.1, -0.05) is 29.3 Å². The van der Waals surface area contributed by atoms with Crippen LogP contribution < -0.4 is 20.1 Å². The van der Waals surface area contributed by atoms with Gasteiger partial charge in [0.1, 0.15) is 11.5 Å². The molecule has 0 saturated carbocycles. The second-order valence-corrected chi connectivity index (χ2v) is 6.84. The average molecular weight is 405 g/mol. The zero-order valence-electron chi connectivity index (χ0n) is 16.3. The van der Waals surface area contributed by atoms with Gasteiger partial charge >= 0.3 is 0 Å². The molecule has 2 aromatic rings. The highest BCUT2D eigenvalue weighted by molar-refractivity contribution is 6.32. The molecule has 0 saturated heterocycles. The zero-order valence-corrected chi connectivity index (χ0v) is 17.1. The van der Waals surface area contributed by atoms with Gasteiger partial charge in [-0.15, -0.1) is 0 Å². The molecule has 0 aliphatic heterocycles. The first-order chi connectivity index (χ1) is 13.3. The van der Waals surface area contributed by atoms with Gasteiger partial charge in [0.25, 0.3) is 11.8 Å². The normalized spacial score (nSPS) is 10.3. The van der Waals surface area contributed by atoms with Gasteiger partial charge in [-0.3, -0.25) is 9.59 Å². The second kappa shape index (κ2) is 10.6. The summed E-state index contributed by atoms with van der Waals surface area (Å²) in [5, 5.41) is 6.06. The van der Waals surface area contributed by atoms with E-state index in [0.717, 1.165) is 16.7 Å². The van der Waals surface area contributed by atoms with Gasteiger partial charge in [-0.05, 0) is 56.2 Å². The summed E-state index contributed by atoms with van der Waals surface area (Å²) in [5.74, 6) is 0.712. The van der Waals surface area contributed by atoms with E-state index in [0.29, 0.717) is 29.6 Å². The molecule has 0 heterocycles. The van der Waals surface area contributed by atoms with E-state index in [1.807, 2.05) is 45.0 Å². The third kappa shape index (κ3) is 7.12. The SMILES string of the molecule is Cc1ccc(OCC(=O)NCCNC(=O)COc2cc(C)c(Cl)c(C)c2)cc1. The minimum atomic E-state index is -0.268. The van der Waals surface area contributed by atoms with Crippen LogP contribution in [0.15, 0.2) is 36.4 Å². The van der Waals surface area contributed by atoms with E-state index in [4.69, 9.17) is 21.1 Å². The molecule has 0 bridgehead atoms. The molecule has 0 unspecified atom stereocenters. The number of rotatable bonds is 9. The molecule has 2 rings (SSSR count). The molecular formula is C21H25ClN2O4. The fraction of sp³-hybridized carbons (Fsp3) is 0.333. The number of halogens is 1. The van der Waals surface area contributed by atoms with Gasteiger partial charge in [0.05, 0.1) is 0 Å². The summed E-state index contributed by atoms with van der Waals surface area (Å²) in [7, 11) is 0. The summed E-state index contributed by atoms with van der Waals surface area (Å²) < 4.78 is 10.9. The van der Waals surface area contributed by atoms with Crippen molar-refractivity contribution in [3.8, 4) is 11.5 Å². The Kier molecular flexibility index (Phi) is 8.14. The number of nitrogens with one attached hydrogen (secondary N) is 2. The Labute approximate surface area is 170 Å². The van der Waals surface area contributed by atoms with E-state index in [2.05, 4.69) is 10.6 Å². The molecule has 7 heteroatoms. The molecule has 2 N–H and O–H groups in total. The molecule has 150 valence electrons. The van der Waals surface area contributed by atoms with E-state index in [1.54, 1.807) is 12.1 Å². The van der Waals surface area contributed by atoms with Gasteiger partial charge in [0.2, 0.25) is 0 Å². The lowest BCUT2D eigenvalue weighted by atomic mass is 10.1. The number of hydrogen-bond acceptors (Lipinski definition) is 4. The first-order valence-electron chi connectivity index (χ1n) is 8.97. The van der Waals surface area contributed by atoms with Crippen molar-refractivity contribution in [2.45, 2.75) is 20.8 Å². The van der Waals surface area contributed by atoms with Crippen LogP contribution in [0.1, 0.15) is 16.7 Å². The number of aryl methyl sites for hydroxylation is 3. The number of hydrogen-bond donors (Lipinski definition) is 2. The third-order valence-electron chi connectivity index (χ3n) is 3.94. The number of amides is 2. The molecule has 0 fully saturated rings. The lowest BCUT2D eigenvalue weighted by Gasteiger charge is -2.11. The van der Waals surface area contributed by atoms with E-state index in [1.165, 1.54) is 0 Å². The number of carbonyl (C=O) groups is 2. The minimum absolute atomic E-state index is 0.0740. The summed E-state index contributed by atoms with van der Waals surface area (Å²) in [4.78, 5) is 23.6. The Morgan fingerprint density at radius 2 is 1.29 bits per heavy atom. The Balaban J connectivity index is 1.60. The van der Waals surface area contributed by atoms with Crippen LogP contribution in [-0.4, -0.2) is 38.1 Å². The first kappa shape index (κ1) is 21.6. The maximum absolute atomic E-state index is 11.8. The number of benzene rings is 2. The monoisotopic (exact) mass is 404 g/mol. The van der Waals surface area contributed by atoms with E-state index >= 15 is 0 Å². The van der Waals surface area contributed by atoms with Crippen molar-refractivity contribution in [3.05, 3.63) is 58.1 Å². The van der Waals surface area contributed by atoms with E-state index < -0.39 is 0 Å². The van der Waals surface area contributed by atoms with Gasteiger partial charge in [-0.2, -0.15) is 0 Å². The average Bonchev–Trinajstić information content (AvgIpc) is 2.67. The Morgan fingerprint density at radius 1 is 0.821 bits per heavy atom. The number of ether oxygens (including phenoxy) is 2. The Hall–Kier alpha value is -2.73. The van der Waals surface area contributed by atoms with Crippen LogP contribution in [0.5, 0.6) is 11.5 Å². The summed E-state index contributed by atoms with van der Waals surface area (Å²) in [6.07, 6.45) is 0. The van der Waals surface area contributed by atoms with Crippen LogP contribution in [0, 0.1) is 20.8 Å². The molecular weight excluding hydrogens is 380 g/mol. The highest BCUT2D eigenvalue weighted by Crippen LogP contribution is 2.25. The van der Waals surface area contributed by atoms with Crippen molar-refractivity contribution in [2.24, 2.45) is 0 Å². The summed E-state index contributed by atoms with van der Waals surface area (Å²) >= 11 is 6.11. The summed E-state index contributed by atoms with van der Waals surface area (Å²) in [5.41, 5.74) is 2.91. The van der Waals surface area contributed by atoms with Crippen molar-refractivity contribution >= 4 is 23.4 Å². The van der Waals surface area contributed by atoms with Gasteiger partial charge in [0, 0.05) is 18.1 Å². The molecule has 0 radical (unpaired) electrons. The fourth-order valence-corrected chi connectivity index (χ4v) is 2.54. The molecule has 0 aromatic heterocycles. The van der Waals surface area contributed by atoms with Crippen LogP contribution >= 0.6 is 11.6 Å². The van der Waals surface area contributed by atoms with Crippen molar-refractivity contribution in [3.63, 3.8) is 0 Å². The topological polar surface area (TPSA) is 76.7 Å². The van der Waals surface area contributed by atoms with Crippen molar-refractivity contribution in [1.29, 1.82) is 0 Å². The smallest absolute Gasteiger partial charge is 0.258 e. The Morgan fingerprint density at radius 3 is 1.79 bits per heavy atom. The highest BCUT2D eigenvalue weighted by Gasteiger charge is 2.07. The fourth-order valence-electron chi connectivity index (χ4n) is 2.43. The van der Waals surface area contributed by atoms with Crippen LogP contribution in [-0.2, 0) is 9.59 Å². The first-order valence-corrected chi connectivity index (χ1v) is 9.35. The van der Waals surface area contributed by atoms with Gasteiger partial charge in [0.15, 0.2) is 13.2 Å². The zero-order chi connectivity index (χ0) is 20.5. The highest BCUT2D eigenvalue weighted by atomic mass is 35.5.